The second-order valence-corrected chi connectivity index (χ2v) is 9.64. The maximum atomic E-state index is 13.2. The van der Waals surface area contributed by atoms with Crippen molar-refractivity contribution >= 4 is 22.6 Å². The molecule has 1 amide bonds. The summed E-state index contributed by atoms with van der Waals surface area (Å²) in [5, 5.41) is 15.4. The normalized spacial score (nSPS) is 22.7. The summed E-state index contributed by atoms with van der Waals surface area (Å²) in [4.78, 5) is 22.5. The molecule has 0 spiro atoms. The third-order valence-corrected chi connectivity index (χ3v) is 7.08. The lowest BCUT2D eigenvalue weighted by Gasteiger charge is -2.38. The molecule has 1 aliphatic carbocycles. The van der Waals surface area contributed by atoms with Crippen molar-refractivity contribution in [2.75, 3.05) is 25.0 Å². The fourth-order valence-corrected chi connectivity index (χ4v) is 5.02. The van der Waals surface area contributed by atoms with Gasteiger partial charge in [-0.1, -0.05) is 18.2 Å². The van der Waals surface area contributed by atoms with Gasteiger partial charge in [-0.2, -0.15) is 13.2 Å². The Labute approximate surface area is 197 Å². The number of fused-ring (bicyclic) bond motifs is 1. The Balaban J connectivity index is 1.60. The van der Waals surface area contributed by atoms with Crippen molar-refractivity contribution in [2.45, 2.75) is 58.2 Å². The van der Waals surface area contributed by atoms with Crippen LogP contribution in [-0.4, -0.2) is 51.7 Å². The van der Waals surface area contributed by atoms with E-state index < -0.39 is 17.7 Å². The number of rotatable bonds is 4. The first-order valence-electron chi connectivity index (χ1n) is 11.7. The molecule has 2 unspecified atom stereocenters. The summed E-state index contributed by atoms with van der Waals surface area (Å²) >= 11 is 0. The van der Waals surface area contributed by atoms with E-state index in [0.717, 1.165) is 22.0 Å². The van der Waals surface area contributed by atoms with Crippen molar-refractivity contribution in [3.05, 3.63) is 41.2 Å². The lowest BCUT2D eigenvalue weighted by molar-refractivity contribution is -0.166. The highest BCUT2D eigenvalue weighted by Gasteiger charge is 2.40. The van der Waals surface area contributed by atoms with Crippen LogP contribution in [0.3, 0.4) is 0 Å². The highest BCUT2D eigenvalue weighted by Crippen LogP contribution is 2.38. The Kier molecular flexibility index (Phi) is 6.59. The van der Waals surface area contributed by atoms with E-state index in [9.17, 15) is 23.1 Å². The Hall–Kier alpha value is -2.68. The van der Waals surface area contributed by atoms with Crippen LogP contribution < -0.4 is 5.32 Å². The molecular formula is C25H31F3N4O2. The van der Waals surface area contributed by atoms with E-state index in [4.69, 9.17) is 0 Å². The molecule has 9 heteroatoms. The van der Waals surface area contributed by atoms with Crippen LogP contribution in [0.1, 0.15) is 49.6 Å². The van der Waals surface area contributed by atoms with Crippen LogP contribution in [0.2, 0.25) is 0 Å². The number of halogens is 3. The van der Waals surface area contributed by atoms with Crippen molar-refractivity contribution in [3.63, 3.8) is 0 Å². The van der Waals surface area contributed by atoms with Crippen molar-refractivity contribution in [1.82, 2.24) is 14.9 Å². The average Bonchev–Trinajstić information content (AvgIpc) is 2.78. The van der Waals surface area contributed by atoms with Crippen LogP contribution in [0.4, 0.5) is 19.0 Å². The van der Waals surface area contributed by atoms with E-state index in [1.54, 1.807) is 17.9 Å². The number of nitrogens with one attached hydrogen (secondary N) is 1. The molecule has 1 aromatic heterocycles. The van der Waals surface area contributed by atoms with Gasteiger partial charge in [0.15, 0.2) is 0 Å². The number of carbonyl (C=O) groups excluding carboxylic acids is 1. The molecule has 0 radical (unpaired) electrons. The average molecular weight is 477 g/mol. The van der Waals surface area contributed by atoms with Crippen LogP contribution in [-0.2, 0) is 10.4 Å². The molecule has 184 valence electrons. The minimum Gasteiger partial charge on any atom is -0.385 e. The molecule has 2 heterocycles. The highest BCUT2D eigenvalue weighted by atomic mass is 19.4. The first-order chi connectivity index (χ1) is 16.0. The van der Waals surface area contributed by atoms with Gasteiger partial charge in [0.25, 0.3) is 0 Å². The van der Waals surface area contributed by atoms with E-state index >= 15 is 0 Å². The molecule has 1 aliphatic heterocycles. The smallest absolute Gasteiger partial charge is 0.385 e. The molecule has 1 fully saturated rings. The van der Waals surface area contributed by atoms with E-state index in [0.29, 0.717) is 50.5 Å². The number of alkyl halides is 3. The molecule has 4 rings (SSSR count). The first-order valence-corrected chi connectivity index (χ1v) is 11.7. The van der Waals surface area contributed by atoms with Gasteiger partial charge in [-0.15, -0.1) is 0 Å². The molecular weight excluding hydrogens is 445 g/mol. The quantitative estimate of drug-likeness (QED) is 0.629. The Morgan fingerprint density at radius 2 is 1.94 bits per heavy atom. The number of nitrogens with zero attached hydrogens (tertiary/aromatic N) is 3. The molecule has 0 saturated carbocycles. The third kappa shape index (κ3) is 5.04. The SMILES string of the molecule is CC(=O)N1CCC(O)(c2cc(C)c3nc(C)nc(NCC4CC=CC(C(F)(F)F)C4)c3c2)CC1. The van der Waals surface area contributed by atoms with Crippen molar-refractivity contribution in [2.24, 2.45) is 11.8 Å². The minimum atomic E-state index is -4.23. The van der Waals surface area contributed by atoms with Gasteiger partial charge in [0, 0.05) is 31.9 Å². The number of anilines is 1. The number of benzene rings is 1. The summed E-state index contributed by atoms with van der Waals surface area (Å²) in [7, 11) is 0. The van der Waals surface area contributed by atoms with Gasteiger partial charge in [-0.3, -0.25) is 4.79 Å². The Morgan fingerprint density at radius 3 is 2.59 bits per heavy atom. The predicted octanol–water partition coefficient (Wildman–Crippen LogP) is 4.63. The molecule has 2 aromatic rings. The Bertz CT molecular complexity index is 1110. The second-order valence-electron chi connectivity index (χ2n) is 9.64. The summed E-state index contributed by atoms with van der Waals surface area (Å²) in [6, 6.07) is 3.81. The third-order valence-electron chi connectivity index (χ3n) is 7.08. The topological polar surface area (TPSA) is 78.4 Å². The number of allylic oxidation sites excluding steroid dienone is 2. The van der Waals surface area contributed by atoms with Crippen LogP contribution in [0.15, 0.2) is 24.3 Å². The largest absolute Gasteiger partial charge is 0.395 e. The van der Waals surface area contributed by atoms with Crippen molar-refractivity contribution < 1.29 is 23.1 Å². The number of piperidine rings is 1. The molecule has 2 N–H and O–H groups in total. The summed E-state index contributed by atoms with van der Waals surface area (Å²) in [5.41, 5.74) is 1.32. The zero-order valence-corrected chi connectivity index (χ0v) is 19.7. The number of hydrogen-bond donors (Lipinski definition) is 2. The molecule has 1 aromatic carbocycles. The first kappa shape index (κ1) is 24.4. The molecule has 2 aliphatic rings. The van der Waals surface area contributed by atoms with E-state index in [1.165, 1.54) is 13.0 Å². The summed E-state index contributed by atoms with van der Waals surface area (Å²) < 4.78 is 39.5. The number of likely N-dealkylation sites (tertiary alicyclic amines) is 1. The van der Waals surface area contributed by atoms with Crippen molar-refractivity contribution in [1.29, 1.82) is 0 Å². The number of amides is 1. The fraction of sp³-hybridized carbons (Fsp3) is 0.560. The number of aromatic nitrogens is 2. The van der Waals surface area contributed by atoms with E-state index in [1.807, 2.05) is 19.1 Å². The summed E-state index contributed by atoms with van der Waals surface area (Å²) in [6.07, 6.45) is 0.133. The van der Waals surface area contributed by atoms with Crippen molar-refractivity contribution in [3.8, 4) is 0 Å². The zero-order chi connectivity index (χ0) is 24.7. The zero-order valence-electron chi connectivity index (χ0n) is 19.7. The van der Waals surface area contributed by atoms with Crippen LogP contribution in [0.5, 0.6) is 0 Å². The standard InChI is InChI=1S/C25H31F3N4O2/c1-15-11-20(24(34)7-9-32(10-8-24)17(3)33)13-21-22(15)30-16(2)31-23(21)29-14-18-5-4-6-19(12-18)25(26,27)28/h4,6,11,13,18-19,34H,5,7-10,12,14H2,1-3H3,(H,29,30,31). The molecule has 6 nitrogen and oxygen atoms in total. The number of aliphatic hydroxyl groups is 1. The van der Waals surface area contributed by atoms with E-state index in [-0.39, 0.29) is 18.2 Å². The maximum Gasteiger partial charge on any atom is 0.395 e. The van der Waals surface area contributed by atoms with Gasteiger partial charge >= 0.3 is 6.18 Å². The van der Waals surface area contributed by atoms with Gasteiger partial charge in [0.2, 0.25) is 5.91 Å². The Morgan fingerprint density at radius 1 is 1.24 bits per heavy atom. The number of hydrogen-bond acceptors (Lipinski definition) is 5. The molecule has 34 heavy (non-hydrogen) atoms. The highest BCUT2D eigenvalue weighted by molar-refractivity contribution is 5.92. The van der Waals surface area contributed by atoms with Gasteiger partial charge in [0.1, 0.15) is 11.6 Å². The van der Waals surface area contributed by atoms with E-state index in [2.05, 4.69) is 15.3 Å². The minimum absolute atomic E-state index is 0.00239. The fourth-order valence-electron chi connectivity index (χ4n) is 5.02. The van der Waals surface area contributed by atoms with Crippen LogP contribution in [0, 0.1) is 25.7 Å². The second kappa shape index (κ2) is 9.17. The summed E-state index contributed by atoms with van der Waals surface area (Å²) in [5.74, 6) is -0.448. The maximum absolute atomic E-state index is 13.2. The molecule has 0 bridgehead atoms. The lowest BCUT2D eigenvalue weighted by Crippen LogP contribution is -2.44. The van der Waals surface area contributed by atoms with Gasteiger partial charge in [-0.25, -0.2) is 9.97 Å². The number of aryl methyl sites for hydroxylation is 2. The summed E-state index contributed by atoms with van der Waals surface area (Å²) in [6.45, 7) is 6.56. The predicted molar refractivity (Wildman–Crippen MR) is 124 cm³/mol. The monoisotopic (exact) mass is 476 g/mol. The number of carbonyl (C=O) groups is 1. The lowest BCUT2D eigenvalue weighted by atomic mass is 9.83. The van der Waals surface area contributed by atoms with Crippen LogP contribution in [0.25, 0.3) is 10.9 Å². The van der Waals surface area contributed by atoms with Gasteiger partial charge < -0.3 is 15.3 Å². The molecule has 1 saturated heterocycles. The van der Waals surface area contributed by atoms with Gasteiger partial charge in [0.05, 0.1) is 17.0 Å². The van der Waals surface area contributed by atoms with Crippen LogP contribution >= 0.6 is 0 Å². The van der Waals surface area contributed by atoms with Gasteiger partial charge in [-0.05, 0) is 62.6 Å². The molecule has 2 atom stereocenters.